The van der Waals surface area contributed by atoms with Gasteiger partial charge < -0.3 is 19.5 Å². The summed E-state index contributed by atoms with van der Waals surface area (Å²) in [7, 11) is -3.48. The minimum Gasteiger partial charge on any atom is -0.486 e. The first-order valence-electron chi connectivity index (χ1n) is 11.4. The first-order valence-corrected chi connectivity index (χ1v) is 12.8. The average molecular weight is 489 g/mol. The summed E-state index contributed by atoms with van der Waals surface area (Å²) in [5.41, 5.74) is 1.33. The van der Waals surface area contributed by atoms with Crippen molar-refractivity contribution in [3.8, 4) is 11.5 Å². The highest BCUT2D eigenvalue weighted by atomic mass is 32.2. The molecule has 2 aliphatic rings. The third kappa shape index (κ3) is 6.06. The maximum atomic E-state index is 12.7. The van der Waals surface area contributed by atoms with Crippen LogP contribution in [0, 0.1) is 0 Å². The first-order chi connectivity index (χ1) is 16.4. The Balaban J connectivity index is 1.21. The summed E-state index contributed by atoms with van der Waals surface area (Å²) in [4.78, 5) is 24.4. The molecule has 0 bridgehead atoms. The summed E-state index contributed by atoms with van der Waals surface area (Å²) in [6.07, 6.45) is 3.28. The average Bonchev–Trinajstić information content (AvgIpc) is 2.87. The Morgan fingerprint density at radius 3 is 2.38 bits per heavy atom. The fourth-order valence-corrected chi connectivity index (χ4v) is 5.38. The lowest BCUT2D eigenvalue weighted by molar-refractivity contribution is -0.147. The van der Waals surface area contributed by atoms with Gasteiger partial charge in [-0.05, 0) is 49.1 Å². The van der Waals surface area contributed by atoms with Crippen LogP contribution in [-0.4, -0.2) is 57.5 Å². The van der Waals surface area contributed by atoms with Crippen LogP contribution in [0.5, 0.6) is 11.5 Å². The molecule has 4 rings (SSSR count). The van der Waals surface area contributed by atoms with Crippen LogP contribution in [0.4, 0.5) is 5.69 Å². The molecule has 2 aromatic rings. The fraction of sp³-hybridized carbons (Fsp3) is 0.417. The molecule has 2 aliphatic heterocycles. The van der Waals surface area contributed by atoms with Crippen molar-refractivity contribution in [2.45, 2.75) is 37.0 Å². The maximum absolute atomic E-state index is 12.7. The Labute approximate surface area is 199 Å². The number of fused-ring (bicyclic) bond motifs is 1. The highest BCUT2D eigenvalue weighted by Crippen LogP contribution is 2.32. The number of hydrogen-bond acceptors (Lipinski definition) is 7. The molecule has 1 amide bonds. The van der Waals surface area contributed by atoms with Gasteiger partial charge in [0.25, 0.3) is 5.91 Å². The number of aryl methyl sites for hydroxylation is 1. The van der Waals surface area contributed by atoms with Crippen LogP contribution in [0.1, 0.15) is 31.2 Å². The summed E-state index contributed by atoms with van der Waals surface area (Å²) >= 11 is 0. The molecule has 0 aliphatic carbocycles. The minimum atomic E-state index is -3.48. The molecule has 0 unspecified atom stereocenters. The number of sulfonamides is 1. The number of piperidine rings is 1. The number of nitrogens with zero attached hydrogens (tertiary/aromatic N) is 1. The van der Waals surface area contributed by atoms with E-state index >= 15 is 0 Å². The lowest BCUT2D eigenvalue weighted by Gasteiger charge is -2.25. The van der Waals surface area contributed by atoms with E-state index in [0.717, 1.165) is 24.8 Å². The van der Waals surface area contributed by atoms with Crippen molar-refractivity contribution in [1.82, 2.24) is 4.31 Å². The number of benzene rings is 2. The minimum absolute atomic E-state index is 0.0789. The summed E-state index contributed by atoms with van der Waals surface area (Å²) in [6, 6.07) is 11.6. The highest BCUT2D eigenvalue weighted by molar-refractivity contribution is 7.89. The SMILES string of the molecule is O=C(COC(=O)CCc1ccc(S(=O)(=O)N2CCCCC2)cc1)Nc1ccc2c(c1)OCCO2. The van der Waals surface area contributed by atoms with Crippen molar-refractivity contribution >= 4 is 27.6 Å². The third-order valence-electron chi connectivity index (χ3n) is 5.68. The van der Waals surface area contributed by atoms with Gasteiger partial charge in [0.2, 0.25) is 10.0 Å². The molecule has 0 spiro atoms. The predicted molar refractivity (Wildman–Crippen MR) is 124 cm³/mol. The molecule has 1 N–H and O–H groups in total. The van der Waals surface area contributed by atoms with Crippen molar-refractivity contribution in [2.75, 3.05) is 38.2 Å². The lowest BCUT2D eigenvalue weighted by atomic mass is 10.1. The molecule has 1 fully saturated rings. The van der Waals surface area contributed by atoms with Crippen LogP contribution < -0.4 is 14.8 Å². The quantitative estimate of drug-likeness (QED) is 0.569. The molecule has 2 heterocycles. The van der Waals surface area contributed by atoms with Crippen LogP contribution in [0.25, 0.3) is 0 Å². The molecule has 0 saturated carbocycles. The molecule has 2 aromatic carbocycles. The first kappa shape index (κ1) is 24.0. The van der Waals surface area contributed by atoms with Gasteiger partial charge >= 0.3 is 5.97 Å². The van der Waals surface area contributed by atoms with Crippen LogP contribution in [0.2, 0.25) is 0 Å². The van der Waals surface area contributed by atoms with E-state index in [4.69, 9.17) is 14.2 Å². The largest absolute Gasteiger partial charge is 0.486 e. The Kier molecular flexibility index (Phi) is 7.69. The third-order valence-corrected chi connectivity index (χ3v) is 7.60. The Hall–Kier alpha value is -3.11. The van der Waals surface area contributed by atoms with Crippen LogP contribution in [0.3, 0.4) is 0 Å². The number of ether oxygens (including phenoxy) is 3. The number of esters is 1. The van der Waals surface area contributed by atoms with E-state index in [9.17, 15) is 18.0 Å². The second kappa shape index (κ2) is 10.9. The van der Waals surface area contributed by atoms with E-state index in [2.05, 4.69) is 5.32 Å². The zero-order chi connectivity index (χ0) is 24.0. The lowest BCUT2D eigenvalue weighted by Crippen LogP contribution is -2.35. The predicted octanol–water partition coefficient (Wildman–Crippen LogP) is 2.75. The van der Waals surface area contributed by atoms with Crippen LogP contribution in [-0.2, 0) is 30.8 Å². The van der Waals surface area contributed by atoms with Crippen molar-refractivity contribution in [1.29, 1.82) is 0 Å². The molecule has 0 atom stereocenters. The smallest absolute Gasteiger partial charge is 0.306 e. The normalized spacial score (nSPS) is 16.0. The second-order valence-corrected chi connectivity index (χ2v) is 10.1. The fourth-order valence-electron chi connectivity index (χ4n) is 3.87. The van der Waals surface area contributed by atoms with E-state index in [1.54, 1.807) is 42.5 Å². The number of anilines is 1. The van der Waals surface area contributed by atoms with Crippen molar-refractivity contribution in [2.24, 2.45) is 0 Å². The van der Waals surface area contributed by atoms with Gasteiger partial charge in [0.05, 0.1) is 4.90 Å². The molecule has 9 nitrogen and oxygen atoms in total. The van der Waals surface area contributed by atoms with E-state index in [1.165, 1.54) is 4.31 Å². The number of carbonyl (C=O) groups excluding carboxylic acids is 2. The second-order valence-electron chi connectivity index (χ2n) is 8.18. The highest BCUT2D eigenvalue weighted by Gasteiger charge is 2.25. The van der Waals surface area contributed by atoms with E-state index in [1.807, 2.05) is 0 Å². The molecule has 0 radical (unpaired) electrons. The van der Waals surface area contributed by atoms with E-state index in [-0.39, 0.29) is 11.3 Å². The number of rotatable bonds is 8. The van der Waals surface area contributed by atoms with Gasteiger partial charge in [-0.2, -0.15) is 4.31 Å². The molecule has 1 saturated heterocycles. The van der Waals surface area contributed by atoms with Gasteiger partial charge in [0.15, 0.2) is 18.1 Å². The number of nitrogens with one attached hydrogen (secondary N) is 1. The Bertz CT molecular complexity index is 1130. The number of hydrogen-bond donors (Lipinski definition) is 1. The maximum Gasteiger partial charge on any atom is 0.306 e. The molecule has 182 valence electrons. The Morgan fingerprint density at radius 2 is 1.65 bits per heavy atom. The summed E-state index contributed by atoms with van der Waals surface area (Å²) in [5, 5.41) is 2.66. The van der Waals surface area contributed by atoms with Gasteiger partial charge in [-0.3, -0.25) is 9.59 Å². The molecule has 10 heteroatoms. The van der Waals surface area contributed by atoms with Gasteiger partial charge in [-0.1, -0.05) is 18.6 Å². The van der Waals surface area contributed by atoms with Gasteiger partial charge in [0.1, 0.15) is 13.2 Å². The standard InChI is InChI=1S/C24H28N2O7S/c27-23(25-19-7-10-21-22(16-19)32-15-14-31-21)17-33-24(28)11-6-18-4-8-20(9-5-18)34(29,30)26-12-2-1-3-13-26/h4-5,7-10,16H,1-3,6,11-15,17H2,(H,25,27). The monoisotopic (exact) mass is 488 g/mol. The molecule has 0 aromatic heterocycles. The summed E-state index contributed by atoms with van der Waals surface area (Å²) in [5.74, 6) is 0.197. The zero-order valence-corrected chi connectivity index (χ0v) is 19.6. The van der Waals surface area contributed by atoms with Gasteiger partial charge in [-0.25, -0.2) is 8.42 Å². The van der Waals surface area contributed by atoms with Gasteiger partial charge in [-0.15, -0.1) is 0 Å². The van der Waals surface area contributed by atoms with Gasteiger partial charge in [0, 0.05) is 31.3 Å². The van der Waals surface area contributed by atoms with E-state index in [0.29, 0.717) is 49.9 Å². The summed E-state index contributed by atoms with van der Waals surface area (Å²) in [6.45, 7) is 1.63. The number of carbonyl (C=O) groups is 2. The Morgan fingerprint density at radius 1 is 0.941 bits per heavy atom. The summed E-state index contributed by atoms with van der Waals surface area (Å²) < 4.78 is 42.9. The van der Waals surface area contributed by atoms with Crippen LogP contribution in [0.15, 0.2) is 47.4 Å². The molecular formula is C24H28N2O7S. The number of amides is 1. The van der Waals surface area contributed by atoms with Crippen molar-refractivity contribution < 1.29 is 32.2 Å². The van der Waals surface area contributed by atoms with E-state index < -0.39 is 28.5 Å². The zero-order valence-electron chi connectivity index (χ0n) is 18.8. The molecular weight excluding hydrogens is 460 g/mol. The topological polar surface area (TPSA) is 111 Å². The molecule has 34 heavy (non-hydrogen) atoms. The van der Waals surface area contributed by atoms with Crippen LogP contribution >= 0.6 is 0 Å². The van der Waals surface area contributed by atoms with Crippen molar-refractivity contribution in [3.63, 3.8) is 0 Å². The van der Waals surface area contributed by atoms with Crippen molar-refractivity contribution in [3.05, 3.63) is 48.0 Å².